The van der Waals surface area contributed by atoms with Gasteiger partial charge < -0.3 is 10.2 Å². The highest BCUT2D eigenvalue weighted by Crippen LogP contribution is 2.16. The van der Waals surface area contributed by atoms with Crippen molar-refractivity contribution in [2.45, 2.75) is 0 Å². The van der Waals surface area contributed by atoms with E-state index in [-0.39, 0.29) is 18.4 Å². The molecule has 3 aromatic rings. The lowest BCUT2D eigenvalue weighted by Crippen LogP contribution is -2.34. The van der Waals surface area contributed by atoms with Crippen molar-refractivity contribution in [2.75, 3.05) is 18.9 Å². The first-order valence-corrected chi connectivity index (χ1v) is 7.17. The number of amides is 2. The maximum absolute atomic E-state index is 12.2. The van der Waals surface area contributed by atoms with Gasteiger partial charge in [-0.05, 0) is 30.3 Å². The van der Waals surface area contributed by atoms with Crippen molar-refractivity contribution in [3.05, 3.63) is 60.3 Å². The van der Waals surface area contributed by atoms with Crippen LogP contribution in [-0.4, -0.2) is 40.5 Å². The zero-order valence-corrected chi connectivity index (χ0v) is 12.6. The Morgan fingerprint density at radius 2 is 1.96 bits per heavy atom. The molecule has 0 bridgehead atoms. The van der Waals surface area contributed by atoms with Gasteiger partial charge in [-0.2, -0.15) is 5.10 Å². The second-order valence-electron chi connectivity index (χ2n) is 5.25. The molecule has 1 heterocycles. The van der Waals surface area contributed by atoms with Gasteiger partial charge >= 0.3 is 0 Å². The molecule has 1 aromatic heterocycles. The molecule has 0 atom stereocenters. The molecule has 0 spiro atoms. The topological polar surface area (TPSA) is 78.1 Å². The van der Waals surface area contributed by atoms with Crippen LogP contribution in [0.1, 0.15) is 10.4 Å². The predicted octanol–water partition coefficient (Wildman–Crippen LogP) is 2.27. The molecular weight excluding hydrogens is 292 g/mol. The fourth-order valence-electron chi connectivity index (χ4n) is 2.31. The van der Waals surface area contributed by atoms with E-state index < -0.39 is 0 Å². The van der Waals surface area contributed by atoms with Crippen molar-refractivity contribution in [2.24, 2.45) is 0 Å². The third kappa shape index (κ3) is 3.37. The van der Waals surface area contributed by atoms with E-state index in [1.54, 1.807) is 43.6 Å². The zero-order valence-electron chi connectivity index (χ0n) is 12.6. The monoisotopic (exact) mass is 308 g/mol. The first-order chi connectivity index (χ1) is 11.1. The van der Waals surface area contributed by atoms with Gasteiger partial charge in [0.25, 0.3) is 5.91 Å². The average Bonchev–Trinajstić information content (AvgIpc) is 3.02. The molecular formula is C17H16N4O2. The molecule has 0 saturated heterocycles. The predicted molar refractivity (Wildman–Crippen MR) is 88.1 cm³/mol. The van der Waals surface area contributed by atoms with Crippen molar-refractivity contribution in [1.82, 2.24) is 15.1 Å². The summed E-state index contributed by atoms with van der Waals surface area (Å²) >= 11 is 0. The van der Waals surface area contributed by atoms with Crippen LogP contribution in [0.5, 0.6) is 0 Å². The number of hydrogen-bond acceptors (Lipinski definition) is 3. The molecule has 0 radical (unpaired) electrons. The number of hydrogen-bond donors (Lipinski definition) is 2. The van der Waals surface area contributed by atoms with Crippen molar-refractivity contribution >= 4 is 28.4 Å². The van der Waals surface area contributed by atoms with Crippen molar-refractivity contribution in [1.29, 1.82) is 0 Å². The second kappa shape index (κ2) is 6.31. The lowest BCUT2D eigenvalue weighted by Gasteiger charge is -2.16. The molecule has 2 amide bonds. The van der Waals surface area contributed by atoms with E-state index in [1.807, 2.05) is 18.2 Å². The molecule has 0 aliphatic rings. The lowest BCUT2D eigenvalue weighted by atomic mass is 10.2. The fourth-order valence-corrected chi connectivity index (χ4v) is 2.31. The van der Waals surface area contributed by atoms with E-state index in [0.717, 1.165) is 10.9 Å². The van der Waals surface area contributed by atoms with E-state index in [2.05, 4.69) is 15.5 Å². The number of nitrogens with zero attached hydrogens (tertiary/aromatic N) is 2. The molecule has 6 nitrogen and oxygen atoms in total. The largest absolute Gasteiger partial charge is 0.332 e. The van der Waals surface area contributed by atoms with Crippen molar-refractivity contribution in [3.8, 4) is 0 Å². The summed E-state index contributed by atoms with van der Waals surface area (Å²) in [5.41, 5.74) is 2.13. The molecule has 0 saturated carbocycles. The molecule has 3 rings (SSSR count). The Kier molecular flexibility index (Phi) is 4.05. The Labute approximate surface area is 133 Å². The summed E-state index contributed by atoms with van der Waals surface area (Å²) in [6.07, 6.45) is 1.69. The number of anilines is 1. The van der Waals surface area contributed by atoms with Gasteiger partial charge in [-0.15, -0.1) is 0 Å². The lowest BCUT2D eigenvalue weighted by molar-refractivity contribution is -0.116. The van der Waals surface area contributed by atoms with Gasteiger partial charge in [-0.1, -0.05) is 18.2 Å². The maximum atomic E-state index is 12.2. The summed E-state index contributed by atoms with van der Waals surface area (Å²) < 4.78 is 0. The van der Waals surface area contributed by atoms with Gasteiger partial charge in [0.05, 0.1) is 18.3 Å². The van der Waals surface area contributed by atoms with E-state index in [9.17, 15) is 9.59 Å². The van der Waals surface area contributed by atoms with E-state index in [1.165, 1.54) is 4.90 Å². The van der Waals surface area contributed by atoms with E-state index >= 15 is 0 Å². The van der Waals surface area contributed by atoms with Gasteiger partial charge in [-0.3, -0.25) is 14.7 Å². The zero-order chi connectivity index (χ0) is 16.2. The van der Waals surface area contributed by atoms with E-state index in [4.69, 9.17) is 0 Å². The number of benzene rings is 2. The molecule has 2 aromatic carbocycles. The van der Waals surface area contributed by atoms with Crippen molar-refractivity contribution in [3.63, 3.8) is 0 Å². The van der Waals surface area contributed by atoms with Crippen LogP contribution in [-0.2, 0) is 4.79 Å². The van der Waals surface area contributed by atoms with Gasteiger partial charge in [-0.25, -0.2) is 0 Å². The number of aromatic amines is 1. The molecule has 0 unspecified atom stereocenters. The van der Waals surface area contributed by atoms with Gasteiger partial charge in [0.2, 0.25) is 5.91 Å². The Balaban J connectivity index is 1.63. The minimum absolute atomic E-state index is 0.0167. The highest BCUT2D eigenvalue weighted by molar-refractivity contribution is 5.99. The SMILES string of the molecule is CN(CC(=O)Nc1ccc2[nH]ncc2c1)C(=O)c1ccccc1. The van der Waals surface area contributed by atoms with Crippen LogP contribution < -0.4 is 5.32 Å². The van der Waals surface area contributed by atoms with Crippen LogP contribution in [0.3, 0.4) is 0 Å². The third-order valence-electron chi connectivity index (χ3n) is 3.47. The summed E-state index contributed by atoms with van der Waals surface area (Å²) in [5.74, 6) is -0.439. The molecule has 6 heteroatoms. The number of likely N-dealkylation sites (N-methyl/N-ethyl adjacent to an activating group) is 1. The summed E-state index contributed by atoms with van der Waals surface area (Å²) in [4.78, 5) is 25.7. The van der Waals surface area contributed by atoms with Crippen LogP contribution in [0, 0.1) is 0 Å². The van der Waals surface area contributed by atoms with Crippen LogP contribution in [0.25, 0.3) is 10.9 Å². The average molecular weight is 308 g/mol. The summed E-state index contributed by atoms with van der Waals surface area (Å²) in [5, 5.41) is 10.5. The fraction of sp³-hybridized carbons (Fsp3) is 0.118. The highest BCUT2D eigenvalue weighted by Gasteiger charge is 2.14. The van der Waals surface area contributed by atoms with Crippen LogP contribution >= 0.6 is 0 Å². The van der Waals surface area contributed by atoms with Crippen LogP contribution in [0.15, 0.2) is 54.7 Å². The van der Waals surface area contributed by atoms with Gasteiger partial charge in [0.1, 0.15) is 0 Å². The summed E-state index contributed by atoms with van der Waals surface area (Å²) in [6, 6.07) is 14.3. The minimum atomic E-state index is -0.250. The normalized spacial score (nSPS) is 10.5. The Morgan fingerprint density at radius 3 is 2.74 bits per heavy atom. The van der Waals surface area contributed by atoms with Crippen LogP contribution in [0.2, 0.25) is 0 Å². The molecule has 23 heavy (non-hydrogen) atoms. The molecule has 0 aliphatic heterocycles. The second-order valence-corrected chi connectivity index (χ2v) is 5.25. The number of aromatic nitrogens is 2. The van der Waals surface area contributed by atoms with Crippen molar-refractivity contribution < 1.29 is 9.59 Å². The van der Waals surface area contributed by atoms with Crippen LogP contribution in [0.4, 0.5) is 5.69 Å². The maximum Gasteiger partial charge on any atom is 0.254 e. The molecule has 0 aliphatic carbocycles. The smallest absolute Gasteiger partial charge is 0.254 e. The standard InChI is InChI=1S/C17H16N4O2/c1-21(17(23)12-5-3-2-4-6-12)11-16(22)19-14-7-8-15-13(9-14)10-18-20-15/h2-10H,11H2,1H3,(H,18,20)(H,19,22). The summed E-state index contributed by atoms with van der Waals surface area (Å²) in [7, 11) is 1.61. The third-order valence-corrected chi connectivity index (χ3v) is 3.47. The molecule has 0 fully saturated rings. The first kappa shape index (κ1) is 14.8. The quantitative estimate of drug-likeness (QED) is 0.776. The number of carbonyl (C=O) groups is 2. The Morgan fingerprint density at radius 1 is 1.17 bits per heavy atom. The van der Waals surface area contributed by atoms with E-state index in [0.29, 0.717) is 11.3 Å². The number of rotatable bonds is 4. The number of H-pyrrole nitrogens is 1. The Bertz CT molecular complexity index is 842. The highest BCUT2D eigenvalue weighted by atomic mass is 16.2. The Hall–Kier alpha value is -3.15. The molecule has 116 valence electrons. The number of fused-ring (bicyclic) bond motifs is 1. The number of carbonyl (C=O) groups excluding carboxylic acids is 2. The van der Waals surface area contributed by atoms with Gasteiger partial charge in [0.15, 0.2) is 0 Å². The van der Waals surface area contributed by atoms with Gasteiger partial charge in [0, 0.05) is 23.7 Å². The first-order valence-electron chi connectivity index (χ1n) is 7.17. The molecule has 2 N–H and O–H groups in total. The minimum Gasteiger partial charge on any atom is -0.332 e. The number of nitrogens with one attached hydrogen (secondary N) is 2. The summed E-state index contributed by atoms with van der Waals surface area (Å²) in [6.45, 7) is -0.0167.